The molecular formula is C14H28N2O2. The largest absolute Gasteiger partial charge is 0.480 e. The molecule has 1 aliphatic heterocycles. The van der Waals surface area contributed by atoms with E-state index in [1.54, 1.807) is 6.92 Å². The third-order valence-corrected chi connectivity index (χ3v) is 3.74. The van der Waals surface area contributed by atoms with Gasteiger partial charge in [-0.2, -0.15) is 0 Å². The molecule has 2 atom stereocenters. The molecule has 0 bridgehead atoms. The summed E-state index contributed by atoms with van der Waals surface area (Å²) in [7, 11) is 0. The van der Waals surface area contributed by atoms with E-state index in [1.165, 1.54) is 19.5 Å². The standard InChI is InChI=1S/C14H28N2O2/c1-11(2)15-14(4,13(17)18)7-5-8-16-9-6-12(3)10-16/h11-12,15H,5-10H2,1-4H3,(H,17,18). The molecule has 0 aromatic rings. The fourth-order valence-corrected chi connectivity index (χ4v) is 2.76. The number of hydrogen-bond donors (Lipinski definition) is 2. The van der Waals surface area contributed by atoms with E-state index in [0.29, 0.717) is 6.42 Å². The van der Waals surface area contributed by atoms with Crippen LogP contribution in [0, 0.1) is 5.92 Å². The molecular weight excluding hydrogens is 228 g/mol. The van der Waals surface area contributed by atoms with Gasteiger partial charge in [0.25, 0.3) is 0 Å². The molecule has 0 radical (unpaired) electrons. The van der Waals surface area contributed by atoms with Crippen LogP contribution >= 0.6 is 0 Å². The van der Waals surface area contributed by atoms with Crippen molar-refractivity contribution >= 4 is 5.97 Å². The van der Waals surface area contributed by atoms with Crippen LogP contribution in [0.15, 0.2) is 0 Å². The molecule has 0 aromatic heterocycles. The maximum Gasteiger partial charge on any atom is 0.323 e. The van der Waals surface area contributed by atoms with Gasteiger partial charge < -0.3 is 10.0 Å². The lowest BCUT2D eigenvalue weighted by atomic mass is 9.94. The molecule has 0 aliphatic carbocycles. The number of nitrogens with zero attached hydrogens (tertiary/aromatic N) is 1. The molecule has 1 saturated heterocycles. The van der Waals surface area contributed by atoms with Gasteiger partial charge in [-0.15, -0.1) is 0 Å². The summed E-state index contributed by atoms with van der Waals surface area (Å²) in [5, 5.41) is 12.5. The lowest BCUT2D eigenvalue weighted by Crippen LogP contribution is -2.52. The van der Waals surface area contributed by atoms with E-state index in [0.717, 1.165) is 18.9 Å². The number of likely N-dealkylation sites (tertiary alicyclic amines) is 1. The van der Waals surface area contributed by atoms with Crippen molar-refractivity contribution in [3.63, 3.8) is 0 Å². The van der Waals surface area contributed by atoms with Gasteiger partial charge in [0.05, 0.1) is 0 Å². The van der Waals surface area contributed by atoms with Crippen LogP contribution in [-0.2, 0) is 4.79 Å². The summed E-state index contributed by atoms with van der Waals surface area (Å²) in [4.78, 5) is 13.8. The number of carboxylic acids is 1. The molecule has 0 aromatic carbocycles. The first kappa shape index (κ1) is 15.4. The number of carbonyl (C=O) groups is 1. The number of carboxylic acid groups (broad SMARTS) is 1. The topological polar surface area (TPSA) is 52.6 Å². The maximum atomic E-state index is 11.4. The second kappa shape index (κ2) is 6.53. The Labute approximate surface area is 111 Å². The summed E-state index contributed by atoms with van der Waals surface area (Å²) >= 11 is 0. The maximum absolute atomic E-state index is 11.4. The third kappa shape index (κ3) is 4.58. The Morgan fingerprint density at radius 1 is 1.56 bits per heavy atom. The summed E-state index contributed by atoms with van der Waals surface area (Å²) in [5.41, 5.74) is -0.792. The van der Waals surface area contributed by atoms with Crippen molar-refractivity contribution < 1.29 is 9.90 Å². The lowest BCUT2D eigenvalue weighted by Gasteiger charge is -2.29. The van der Waals surface area contributed by atoms with E-state index in [-0.39, 0.29) is 6.04 Å². The molecule has 1 rings (SSSR count). The van der Waals surface area contributed by atoms with Crippen LogP contribution in [0.2, 0.25) is 0 Å². The first-order valence-corrected chi connectivity index (χ1v) is 7.07. The number of rotatable bonds is 7. The molecule has 18 heavy (non-hydrogen) atoms. The molecule has 0 amide bonds. The molecule has 1 aliphatic rings. The Morgan fingerprint density at radius 3 is 2.67 bits per heavy atom. The van der Waals surface area contributed by atoms with Gasteiger partial charge in [-0.3, -0.25) is 10.1 Å². The monoisotopic (exact) mass is 256 g/mol. The zero-order valence-electron chi connectivity index (χ0n) is 12.2. The van der Waals surface area contributed by atoms with E-state index in [4.69, 9.17) is 0 Å². The molecule has 4 nitrogen and oxygen atoms in total. The molecule has 0 saturated carbocycles. The number of aliphatic carboxylic acids is 1. The summed E-state index contributed by atoms with van der Waals surface area (Å²) < 4.78 is 0. The average Bonchev–Trinajstić information content (AvgIpc) is 2.63. The van der Waals surface area contributed by atoms with Crippen LogP contribution in [0.1, 0.15) is 47.0 Å². The fourth-order valence-electron chi connectivity index (χ4n) is 2.76. The van der Waals surface area contributed by atoms with Crippen molar-refractivity contribution in [3.05, 3.63) is 0 Å². The first-order chi connectivity index (χ1) is 8.33. The quantitative estimate of drug-likeness (QED) is 0.731. The van der Waals surface area contributed by atoms with Crippen molar-refractivity contribution in [3.8, 4) is 0 Å². The molecule has 1 fully saturated rings. The second-order valence-corrected chi connectivity index (χ2v) is 6.23. The van der Waals surface area contributed by atoms with Gasteiger partial charge in [-0.25, -0.2) is 0 Å². The van der Waals surface area contributed by atoms with Crippen molar-refractivity contribution in [2.24, 2.45) is 5.92 Å². The average molecular weight is 256 g/mol. The first-order valence-electron chi connectivity index (χ1n) is 7.07. The predicted octanol–water partition coefficient (Wildman–Crippen LogP) is 1.95. The summed E-state index contributed by atoms with van der Waals surface area (Å²) in [5.74, 6) is 0.0515. The zero-order valence-corrected chi connectivity index (χ0v) is 12.2. The van der Waals surface area contributed by atoms with Crippen molar-refractivity contribution in [2.75, 3.05) is 19.6 Å². The SMILES string of the molecule is CC1CCN(CCCC(C)(NC(C)C)C(=O)O)C1. The number of nitrogens with one attached hydrogen (secondary N) is 1. The normalized spacial score (nSPS) is 24.4. The molecule has 2 unspecified atom stereocenters. The summed E-state index contributed by atoms with van der Waals surface area (Å²) in [6.07, 6.45) is 2.90. The molecule has 4 heteroatoms. The van der Waals surface area contributed by atoms with E-state index >= 15 is 0 Å². The molecule has 106 valence electrons. The zero-order chi connectivity index (χ0) is 13.8. The van der Waals surface area contributed by atoms with E-state index in [1.807, 2.05) is 13.8 Å². The molecule has 2 N–H and O–H groups in total. The van der Waals surface area contributed by atoms with E-state index in [2.05, 4.69) is 17.1 Å². The van der Waals surface area contributed by atoms with E-state index < -0.39 is 11.5 Å². The van der Waals surface area contributed by atoms with Crippen LogP contribution in [0.25, 0.3) is 0 Å². The molecule has 0 spiro atoms. The molecule has 1 heterocycles. The summed E-state index contributed by atoms with van der Waals surface area (Å²) in [6.45, 7) is 11.4. The van der Waals surface area contributed by atoms with Crippen molar-refractivity contribution in [1.29, 1.82) is 0 Å². The van der Waals surface area contributed by atoms with Crippen molar-refractivity contribution in [1.82, 2.24) is 10.2 Å². The highest BCUT2D eigenvalue weighted by Gasteiger charge is 2.33. The van der Waals surface area contributed by atoms with Gasteiger partial charge >= 0.3 is 5.97 Å². The predicted molar refractivity (Wildman–Crippen MR) is 73.8 cm³/mol. The van der Waals surface area contributed by atoms with E-state index in [9.17, 15) is 9.90 Å². The van der Waals surface area contributed by atoms with Gasteiger partial charge in [-0.05, 0) is 59.0 Å². The van der Waals surface area contributed by atoms with Crippen LogP contribution in [0.4, 0.5) is 0 Å². The Balaban J connectivity index is 2.36. The Hall–Kier alpha value is -0.610. The Bertz CT molecular complexity index is 281. The Morgan fingerprint density at radius 2 is 2.22 bits per heavy atom. The van der Waals surface area contributed by atoms with Gasteiger partial charge in [0.1, 0.15) is 5.54 Å². The second-order valence-electron chi connectivity index (χ2n) is 6.23. The van der Waals surface area contributed by atoms with Crippen LogP contribution in [-0.4, -0.2) is 47.2 Å². The highest BCUT2D eigenvalue weighted by molar-refractivity contribution is 5.78. The van der Waals surface area contributed by atoms with Crippen LogP contribution < -0.4 is 5.32 Å². The van der Waals surface area contributed by atoms with Crippen LogP contribution in [0.3, 0.4) is 0 Å². The van der Waals surface area contributed by atoms with Gasteiger partial charge in [0.15, 0.2) is 0 Å². The van der Waals surface area contributed by atoms with Crippen molar-refractivity contribution in [2.45, 2.75) is 58.5 Å². The Kier molecular flexibility index (Phi) is 5.60. The third-order valence-electron chi connectivity index (χ3n) is 3.74. The minimum Gasteiger partial charge on any atom is -0.480 e. The highest BCUT2D eigenvalue weighted by Crippen LogP contribution is 2.18. The minimum absolute atomic E-state index is 0.193. The summed E-state index contributed by atoms with van der Waals surface area (Å²) in [6, 6.07) is 0.193. The van der Waals surface area contributed by atoms with Crippen LogP contribution in [0.5, 0.6) is 0 Å². The minimum atomic E-state index is -0.792. The van der Waals surface area contributed by atoms with Gasteiger partial charge in [-0.1, -0.05) is 6.92 Å². The smallest absolute Gasteiger partial charge is 0.323 e. The van der Waals surface area contributed by atoms with Gasteiger partial charge in [0, 0.05) is 12.6 Å². The van der Waals surface area contributed by atoms with Gasteiger partial charge in [0.2, 0.25) is 0 Å². The number of hydrogen-bond acceptors (Lipinski definition) is 3. The fraction of sp³-hybridized carbons (Fsp3) is 0.929. The lowest BCUT2D eigenvalue weighted by molar-refractivity contribution is -0.144. The highest BCUT2D eigenvalue weighted by atomic mass is 16.4.